The van der Waals surface area contributed by atoms with E-state index < -0.39 is 0 Å². The van der Waals surface area contributed by atoms with E-state index in [2.05, 4.69) is 53.7 Å². The lowest BCUT2D eigenvalue weighted by atomic mass is 9.97. The normalized spacial score (nSPS) is 12.7. The summed E-state index contributed by atoms with van der Waals surface area (Å²) in [7, 11) is 0. The number of hydrogen-bond acceptors (Lipinski definition) is 7. The van der Waals surface area contributed by atoms with Gasteiger partial charge >= 0.3 is 12.0 Å². The average Bonchev–Trinajstić information content (AvgIpc) is 2.87. The van der Waals surface area contributed by atoms with Crippen molar-refractivity contribution in [1.29, 1.82) is 5.26 Å². The Morgan fingerprint density at radius 1 is 0.706 bits per heavy atom. The maximum atomic E-state index is 8.91. The van der Waals surface area contributed by atoms with Gasteiger partial charge in [0.1, 0.15) is 0 Å². The Balaban J connectivity index is 1.36. The zero-order chi connectivity index (χ0) is 24.3. The number of aromatic nitrogens is 4. The molecule has 0 fully saturated rings. The van der Waals surface area contributed by atoms with Crippen LogP contribution in [0, 0.1) is 11.3 Å². The van der Waals surface area contributed by atoms with E-state index in [-0.39, 0.29) is 0 Å². The van der Waals surface area contributed by atoms with Crippen LogP contribution in [0.3, 0.4) is 0 Å². The second kappa shape index (κ2) is 12.6. The van der Waals surface area contributed by atoms with Crippen molar-refractivity contribution in [1.82, 2.24) is 19.9 Å². The summed E-state index contributed by atoms with van der Waals surface area (Å²) in [6.45, 7) is 9.64. The predicted molar refractivity (Wildman–Crippen MR) is 131 cm³/mol. The molecule has 34 heavy (non-hydrogen) atoms. The maximum Gasteiger partial charge on any atom is 0.316 e. The van der Waals surface area contributed by atoms with Gasteiger partial charge in [0.15, 0.2) is 0 Å². The van der Waals surface area contributed by atoms with E-state index >= 15 is 0 Å². The van der Waals surface area contributed by atoms with Crippen molar-refractivity contribution < 1.29 is 9.47 Å². The quantitative estimate of drug-likeness (QED) is 0.316. The van der Waals surface area contributed by atoms with Gasteiger partial charge in [-0.3, -0.25) is 0 Å². The van der Waals surface area contributed by atoms with Crippen LogP contribution in [-0.4, -0.2) is 33.1 Å². The minimum atomic E-state index is 0.318. The number of rotatable bonds is 12. The van der Waals surface area contributed by atoms with E-state index in [1.165, 1.54) is 5.56 Å². The summed E-state index contributed by atoms with van der Waals surface area (Å²) in [5, 5.41) is 8.91. The van der Waals surface area contributed by atoms with E-state index in [0.717, 1.165) is 30.4 Å². The van der Waals surface area contributed by atoms with Crippen LogP contribution in [0.2, 0.25) is 0 Å². The molecule has 0 aliphatic rings. The monoisotopic (exact) mass is 459 g/mol. The average molecular weight is 460 g/mol. The lowest BCUT2D eigenvalue weighted by Crippen LogP contribution is -2.07. The summed E-state index contributed by atoms with van der Waals surface area (Å²) in [6, 6.07) is 10.7. The number of benzene rings is 1. The molecule has 0 N–H and O–H groups in total. The van der Waals surface area contributed by atoms with Crippen molar-refractivity contribution in [3.8, 4) is 18.1 Å². The molecule has 0 radical (unpaired) electrons. The van der Waals surface area contributed by atoms with Gasteiger partial charge in [-0.2, -0.15) is 5.26 Å². The molecular formula is C27H33N5O2. The Hall–Kier alpha value is -3.53. The Bertz CT molecular complexity index is 1040. The maximum absolute atomic E-state index is 8.91. The van der Waals surface area contributed by atoms with Crippen LogP contribution in [0.25, 0.3) is 0 Å². The van der Waals surface area contributed by atoms with E-state index in [1.807, 2.05) is 49.1 Å². The highest BCUT2D eigenvalue weighted by atomic mass is 16.5. The van der Waals surface area contributed by atoms with Crippen LogP contribution in [-0.2, 0) is 0 Å². The standard InChI is InChI=1S/C27H33N5O2/c1-19(2)24-15-29-26(30-16-24)33-12-5-6-20(3)25-17-31-27(32-18-25)34-13-11-21(4)23-9-7-22(14-28)8-10-23/h7-10,15-21H,5-6,11-13H2,1-4H3. The summed E-state index contributed by atoms with van der Waals surface area (Å²) in [4.78, 5) is 17.3. The molecule has 0 aliphatic carbocycles. The highest BCUT2D eigenvalue weighted by Gasteiger charge is 2.10. The highest BCUT2D eigenvalue weighted by molar-refractivity contribution is 5.32. The van der Waals surface area contributed by atoms with Crippen molar-refractivity contribution in [2.45, 2.75) is 64.7 Å². The van der Waals surface area contributed by atoms with Crippen LogP contribution < -0.4 is 9.47 Å². The molecular weight excluding hydrogens is 426 g/mol. The molecule has 7 heteroatoms. The van der Waals surface area contributed by atoms with Crippen molar-refractivity contribution in [3.63, 3.8) is 0 Å². The third kappa shape index (κ3) is 7.51. The number of ether oxygens (including phenoxy) is 2. The first-order chi connectivity index (χ1) is 16.5. The fourth-order valence-electron chi connectivity index (χ4n) is 3.45. The molecule has 2 heterocycles. The Kier molecular flexibility index (Phi) is 9.33. The van der Waals surface area contributed by atoms with Gasteiger partial charge in [0.05, 0.1) is 24.8 Å². The van der Waals surface area contributed by atoms with Crippen LogP contribution in [0.1, 0.15) is 87.0 Å². The zero-order valence-electron chi connectivity index (χ0n) is 20.4. The van der Waals surface area contributed by atoms with Crippen LogP contribution in [0.5, 0.6) is 12.0 Å². The second-order valence-corrected chi connectivity index (χ2v) is 8.92. The SMILES string of the molecule is CC(C)c1cnc(OCCCC(C)c2cnc(OCCC(C)c3ccc(C#N)cc3)nc2)nc1. The highest BCUT2D eigenvalue weighted by Crippen LogP contribution is 2.22. The summed E-state index contributed by atoms with van der Waals surface area (Å²) >= 11 is 0. The molecule has 0 bridgehead atoms. The van der Waals surface area contributed by atoms with Crippen molar-refractivity contribution in [2.75, 3.05) is 13.2 Å². The summed E-state index contributed by atoms with van der Waals surface area (Å²) in [5.74, 6) is 1.05. The molecule has 0 saturated heterocycles. The molecule has 2 aromatic heterocycles. The van der Waals surface area contributed by atoms with Crippen LogP contribution in [0.4, 0.5) is 0 Å². The van der Waals surface area contributed by atoms with E-state index in [9.17, 15) is 0 Å². The lowest BCUT2D eigenvalue weighted by molar-refractivity contribution is 0.276. The van der Waals surface area contributed by atoms with Gasteiger partial charge in [0.25, 0.3) is 0 Å². The molecule has 7 nitrogen and oxygen atoms in total. The Morgan fingerprint density at radius 3 is 1.79 bits per heavy atom. The first-order valence-corrected chi connectivity index (χ1v) is 11.9. The lowest BCUT2D eigenvalue weighted by Gasteiger charge is -2.13. The molecule has 0 spiro atoms. The Morgan fingerprint density at radius 2 is 1.24 bits per heavy atom. The third-order valence-electron chi connectivity index (χ3n) is 5.94. The number of nitriles is 1. The summed E-state index contributed by atoms with van der Waals surface area (Å²) in [5.41, 5.74) is 4.05. The number of hydrogen-bond donors (Lipinski definition) is 0. The van der Waals surface area contributed by atoms with Gasteiger partial charge in [0, 0.05) is 24.8 Å². The van der Waals surface area contributed by atoms with Crippen LogP contribution in [0.15, 0.2) is 49.1 Å². The van der Waals surface area contributed by atoms with Crippen molar-refractivity contribution in [3.05, 3.63) is 71.3 Å². The smallest absolute Gasteiger partial charge is 0.316 e. The topological polar surface area (TPSA) is 93.8 Å². The molecule has 0 amide bonds. The van der Waals surface area contributed by atoms with E-state index in [4.69, 9.17) is 14.7 Å². The molecule has 3 aromatic rings. The fourth-order valence-corrected chi connectivity index (χ4v) is 3.45. The van der Waals surface area contributed by atoms with Gasteiger partial charge in [-0.1, -0.05) is 39.8 Å². The van der Waals surface area contributed by atoms with E-state index in [0.29, 0.717) is 48.6 Å². The first-order valence-electron chi connectivity index (χ1n) is 11.9. The number of nitrogens with zero attached hydrogens (tertiary/aromatic N) is 5. The molecule has 2 unspecified atom stereocenters. The minimum Gasteiger partial charge on any atom is -0.463 e. The molecule has 3 rings (SSSR count). The molecule has 0 aliphatic heterocycles. The summed E-state index contributed by atoms with van der Waals surface area (Å²) in [6.07, 6.45) is 10.0. The van der Waals surface area contributed by atoms with Gasteiger partial charge in [-0.15, -0.1) is 0 Å². The van der Waals surface area contributed by atoms with Gasteiger partial charge < -0.3 is 9.47 Å². The van der Waals surface area contributed by atoms with E-state index in [1.54, 1.807) is 0 Å². The predicted octanol–water partition coefficient (Wildman–Crippen LogP) is 5.80. The zero-order valence-corrected chi connectivity index (χ0v) is 20.4. The summed E-state index contributed by atoms with van der Waals surface area (Å²) < 4.78 is 11.4. The molecule has 2 atom stereocenters. The van der Waals surface area contributed by atoms with Crippen LogP contribution >= 0.6 is 0 Å². The first kappa shape index (κ1) is 25.1. The van der Waals surface area contributed by atoms with Gasteiger partial charge in [0.2, 0.25) is 0 Å². The Labute approximate surface area is 202 Å². The second-order valence-electron chi connectivity index (χ2n) is 8.92. The minimum absolute atomic E-state index is 0.318. The molecule has 178 valence electrons. The molecule has 1 aromatic carbocycles. The van der Waals surface area contributed by atoms with Crippen molar-refractivity contribution in [2.24, 2.45) is 0 Å². The van der Waals surface area contributed by atoms with Crippen molar-refractivity contribution >= 4 is 0 Å². The fraction of sp³-hybridized carbons (Fsp3) is 0.444. The third-order valence-corrected chi connectivity index (χ3v) is 5.94. The largest absolute Gasteiger partial charge is 0.463 e. The molecule has 0 saturated carbocycles. The van der Waals surface area contributed by atoms with Gasteiger partial charge in [-0.25, -0.2) is 19.9 Å². The van der Waals surface area contributed by atoms with Gasteiger partial charge in [-0.05, 0) is 65.8 Å².